The van der Waals surface area contributed by atoms with Gasteiger partial charge in [0.25, 0.3) is 5.91 Å². The number of ether oxygens (including phenoxy) is 1. The Balaban J connectivity index is 2.35. The molecule has 6 heteroatoms. The number of benzene rings is 1. The molecule has 0 saturated carbocycles. The first-order chi connectivity index (χ1) is 10.9. The van der Waals surface area contributed by atoms with Crippen LogP contribution in [-0.2, 0) is 10.3 Å². The van der Waals surface area contributed by atoms with Crippen molar-refractivity contribution in [2.45, 2.75) is 26.3 Å². The molecule has 0 aliphatic carbocycles. The minimum absolute atomic E-state index is 0.0288. The van der Waals surface area contributed by atoms with Gasteiger partial charge in [-0.1, -0.05) is 39.0 Å². The molecule has 120 valence electrons. The van der Waals surface area contributed by atoms with Gasteiger partial charge in [-0.15, -0.1) is 0 Å². The van der Waals surface area contributed by atoms with Crippen molar-refractivity contribution in [1.82, 2.24) is 0 Å². The number of rotatable bonds is 2. The second kappa shape index (κ2) is 5.85. The van der Waals surface area contributed by atoms with E-state index >= 15 is 0 Å². The maximum atomic E-state index is 12.7. The second-order valence-electron chi connectivity index (χ2n) is 5.77. The second-order valence-corrected chi connectivity index (χ2v) is 8.59. The highest BCUT2D eigenvalue weighted by atomic mass is 32.9. The Hall–Kier alpha value is -1.50. The molecule has 2 heterocycles. The lowest BCUT2D eigenvalue weighted by atomic mass is 9.87. The monoisotopic (exact) mass is 363 g/mol. The van der Waals surface area contributed by atoms with E-state index in [2.05, 4.69) is 13.8 Å². The molecule has 0 bridgehead atoms. The summed E-state index contributed by atoms with van der Waals surface area (Å²) >= 11 is 5.56. The molecule has 2 aromatic rings. The Morgan fingerprint density at radius 1 is 1.35 bits per heavy atom. The highest BCUT2D eigenvalue weighted by Crippen LogP contribution is 2.52. The van der Waals surface area contributed by atoms with Crippen LogP contribution in [0.3, 0.4) is 0 Å². The van der Waals surface area contributed by atoms with Crippen LogP contribution in [-0.4, -0.2) is 13.0 Å². The number of hydrogen-bond donors (Lipinski definition) is 0. The first-order valence-corrected chi connectivity index (χ1v) is 9.76. The summed E-state index contributed by atoms with van der Waals surface area (Å²) in [6, 6.07) is 5.79. The van der Waals surface area contributed by atoms with Crippen molar-refractivity contribution in [2.24, 2.45) is 0 Å². The van der Waals surface area contributed by atoms with Crippen LogP contribution in [0.15, 0.2) is 30.4 Å². The minimum Gasteiger partial charge on any atom is -0.497 e. The summed E-state index contributed by atoms with van der Waals surface area (Å²) in [5, 5.41) is 0. The summed E-state index contributed by atoms with van der Waals surface area (Å²) in [5.74, 6) is 0.734. The maximum Gasteiger partial charge on any atom is 0.251 e. The standard InChI is InChI=1S/C17H17NO2S3/c1-5-6-13(19)18-12-8-7-10(20-4)9-11(12)14-15(17(18,2)3)22-23-16(14)21/h5-9H,1-4H3. The van der Waals surface area contributed by atoms with Crippen molar-refractivity contribution in [3.8, 4) is 16.9 Å². The number of anilines is 1. The van der Waals surface area contributed by atoms with Crippen molar-refractivity contribution in [2.75, 3.05) is 12.0 Å². The molecule has 1 aromatic carbocycles. The molecule has 0 saturated heterocycles. The van der Waals surface area contributed by atoms with E-state index < -0.39 is 5.54 Å². The van der Waals surface area contributed by atoms with Gasteiger partial charge in [-0.2, -0.15) is 0 Å². The summed E-state index contributed by atoms with van der Waals surface area (Å²) in [6.07, 6.45) is 3.37. The summed E-state index contributed by atoms with van der Waals surface area (Å²) in [5.41, 5.74) is 2.48. The maximum absolute atomic E-state index is 12.7. The van der Waals surface area contributed by atoms with E-state index in [0.29, 0.717) is 0 Å². The first-order valence-electron chi connectivity index (χ1n) is 7.20. The lowest BCUT2D eigenvalue weighted by Gasteiger charge is -2.42. The summed E-state index contributed by atoms with van der Waals surface area (Å²) < 4.78 is 6.23. The summed E-state index contributed by atoms with van der Waals surface area (Å²) in [6.45, 7) is 5.99. The van der Waals surface area contributed by atoms with E-state index in [4.69, 9.17) is 17.0 Å². The number of amides is 1. The number of carbonyl (C=O) groups is 1. The quantitative estimate of drug-likeness (QED) is 0.408. The van der Waals surface area contributed by atoms with Crippen LogP contribution in [0.2, 0.25) is 0 Å². The molecule has 3 rings (SSSR count). The number of fused-ring (bicyclic) bond motifs is 3. The van der Waals surface area contributed by atoms with Gasteiger partial charge in [0.15, 0.2) is 0 Å². The van der Waals surface area contributed by atoms with E-state index in [1.807, 2.05) is 30.0 Å². The van der Waals surface area contributed by atoms with Crippen LogP contribution in [0.1, 0.15) is 25.6 Å². The number of allylic oxidation sites excluding steroid dienone is 1. The molecule has 3 nitrogen and oxygen atoms in total. The lowest BCUT2D eigenvalue weighted by Crippen LogP contribution is -2.47. The molecule has 0 N–H and O–H groups in total. The molecular weight excluding hydrogens is 346 g/mol. The van der Waals surface area contributed by atoms with Crippen LogP contribution in [0.25, 0.3) is 11.1 Å². The Kier molecular flexibility index (Phi) is 4.16. The Bertz CT molecular complexity index is 861. The fourth-order valence-electron chi connectivity index (χ4n) is 2.95. The first kappa shape index (κ1) is 16.4. The van der Waals surface area contributed by atoms with Gasteiger partial charge in [-0.25, -0.2) is 0 Å². The van der Waals surface area contributed by atoms with Gasteiger partial charge in [-0.3, -0.25) is 9.69 Å². The largest absolute Gasteiger partial charge is 0.497 e. The van der Waals surface area contributed by atoms with Crippen LogP contribution >= 0.6 is 32.9 Å². The van der Waals surface area contributed by atoms with Gasteiger partial charge in [0.05, 0.1) is 23.2 Å². The van der Waals surface area contributed by atoms with Gasteiger partial charge in [0.2, 0.25) is 0 Å². The average molecular weight is 364 g/mol. The molecule has 1 aromatic heterocycles. The van der Waals surface area contributed by atoms with Gasteiger partial charge in [-0.05, 0) is 45.0 Å². The van der Waals surface area contributed by atoms with Crippen molar-refractivity contribution >= 4 is 44.5 Å². The van der Waals surface area contributed by atoms with Crippen molar-refractivity contribution in [3.05, 3.63) is 39.1 Å². The predicted molar refractivity (Wildman–Crippen MR) is 100 cm³/mol. The zero-order valence-electron chi connectivity index (χ0n) is 13.4. The molecule has 0 fully saturated rings. The lowest BCUT2D eigenvalue weighted by molar-refractivity contribution is -0.115. The van der Waals surface area contributed by atoms with Gasteiger partial charge in [0, 0.05) is 11.1 Å². The number of nitrogens with zero attached hydrogens (tertiary/aromatic N) is 1. The van der Waals surface area contributed by atoms with Gasteiger partial charge >= 0.3 is 0 Å². The van der Waals surface area contributed by atoms with E-state index in [1.165, 1.54) is 0 Å². The Labute approximate surface area is 148 Å². The number of carbonyl (C=O) groups excluding carboxylic acids is 1. The number of hydrogen-bond acceptors (Lipinski definition) is 5. The molecule has 1 aliphatic rings. The SMILES string of the molecule is CC=CC(=O)N1c2ccc(OC)cc2-c2c(ssc2=S)C1(C)C. The highest BCUT2D eigenvalue weighted by molar-refractivity contribution is 7.80. The van der Waals surface area contributed by atoms with Crippen LogP contribution in [0, 0.1) is 3.82 Å². The molecule has 0 atom stereocenters. The molecular formula is C17H17NO2S3. The third kappa shape index (κ3) is 2.45. The third-order valence-corrected chi connectivity index (χ3v) is 7.32. The normalized spacial score (nSPS) is 15.4. The molecule has 1 aliphatic heterocycles. The summed E-state index contributed by atoms with van der Waals surface area (Å²) in [4.78, 5) is 15.7. The molecule has 0 spiro atoms. The average Bonchev–Trinajstić information content (AvgIpc) is 2.90. The van der Waals surface area contributed by atoms with E-state index in [0.717, 1.165) is 31.3 Å². The van der Waals surface area contributed by atoms with Gasteiger partial charge < -0.3 is 4.74 Å². The molecule has 0 radical (unpaired) electrons. The van der Waals surface area contributed by atoms with Crippen molar-refractivity contribution < 1.29 is 9.53 Å². The molecule has 23 heavy (non-hydrogen) atoms. The van der Waals surface area contributed by atoms with E-state index in [-0.39, 0.29) is 5.91 Å². The topological polar surface area (TPSA) is 29.5 Å². The fourth-order valence-corrected chi connectivity index (χ4v) is 6.23. The zero-order chi connectivity index (χ0) is 16.8. The Morgan fingerprint density at radius 2 is 2.09 bits per heavy atom. The Morgan fingerprint density at radius 3 is 2.74 bits per heavy atom. The van der Waals surface area contributed by atoms with Crippen molar-refractivity contribution in [1.29, 1.82) is 0 Å². The number of methoxy groups -OCH3 is 1. The van der Waals surface area contributed by atoms with Crippen LogP contribution in [0.4, 0.5) is 5.69 Å². The zero-order valence-corrected chi connectivity index (χ0v) is 15.8. The van der Waals surface area contributed by atoms with Crippen LogP contribution in [0.5, 0.6) is 5.75 Å². The molecule has 0 unspecified atom stereocenters. The van der Waals surface area contributed by atoms with E-state index in [1.54, 1.807) is 39.9 Å². The summed E-state index contributed by atoms with van der Waals surface area (Å²) in [7, 11) is 4.88. The van der Waals surface area contributed by atoms with Gasteiger partial charge in [0.1, 0.15) is 9.57 Å². The van der Waals surface area contributed by atoms with Crippen molar-refractivity contribution in [3.63, 3.8) is 0 Å². The van der Waals surface area contributed by atoms with E-state index in [9.17, 15) is 4.79 Å². The molecule has 1 amide bonds. The van der Waals surface area contributed by atoms with Crippen LogP contribution < -0.4 is 9.64 Å². The third-order valence-electron chi connectivity index (χ3n) is 3.99. The minimum atomic E-state index is -0.439. The highest BCUT2D eigenvalue weighted by Gasteiger charge is 2.42. The smallest absolute Gasteiger partial charge is 0.251 e. The predicted octanol–water partition coefficient (Wildman–Crippen LogP) is 5.37. The fraction of sp³-hybridized carbons (Fsp3) is 0.294.